The third kappa shape index (κ3) is 4.97. The number of aromatic nitrogens is 3. The summed E-state index contributed by atoms with van der Waals surface area (Å²) in [6, 6.07) is 7.20. The minimum Gasteiger partial charge on any atom is -0.459 e. The van der Waals surface area contributed by atoms with Crippen LogP contribution in [0, 0.1) is 50.2 Å². The van der Waals surface area contributed by atoms with Crippen LogP contribution in [0.2, 0.25) is 0 Å². The number of ketones is 2. The number of ether oxygens (including phenoxy) is 1. The monoisotopic (exact) mass is 669 g/mol. The number of nitrogens with zero attached hydrogens (tertiary/aromatic N) is 3. The number of fused-ring (bicyclic) bond motifs is 7. The maximum absolute atomic E-state index is 14.6. The van der Waals surface area contributed by atoms with Gasteiger partial charge in [-0.1, -0.05) is 64.5 Å². The van der Waals surface area contributed by atoms with Gasteiger partial charge >= 0.3 is 5.97 Å². The van der Waals surface area contributed by atoms with Crippen LogP contribution in [0.15, 0.2) is 42.1 Å². The van der Waals surface area contributed by atoms with Gasteiger partial charge in [0.05, 0.1) is 23.4 Å². The van der Waals surface area contributed by atoms with Gasteiger partial charge in [-0.3, -0.25) is 14.4 Å². The SMILES string of the molecule is CC(=O)c1cccc(-n2cc(COC(=O)[C@@]3(C)CC[C@]4(C)CC[C@]5(C)C(=CC(=O)[C@@H]6[C@@]7(C)CC[C@H](O)C(C)(C)[C@@H]7CC[C@]65C)[C@@H]4C3)nn2)c1. The topological polar surface area (TPSA) is 111 Å². The molecule has 0 spiro atoms. The van der Waals surface area contributed by atoms with Crippen molar-refractivity contribution in [2.45, 2.75) is 126 Å². The fraction of sp³-hybridized carbons (Fsp3) is 0.683. The van der Waals surface area contributed by atoms with E-state index in [4.69, 9.17) is 4.74 Å². The number of aliphatic hydroxyl groups is 1. The fourth-order valence-corrected chi connectivity index (χ4v) is 12.0. The summed E-state index contributed by atoms with van der Waals surface area (Å²) in [5.41, 5.74) is 1.80. The van der Waals surface area contributed by atoms with Crippen molar-refractivity contribution in [3.05, 3.63) is 53.4 Å². The second kappa shape index (κ2) is 11.2. The largest absolute Gasteiger partial charge is 0.459 e. The number of hydrogen-bond donors (Lipinski definition) is 1. The molecule has 8 heteroatoms. The van der Waals surface area contributed by atoms with Crippen molar-refractivity contribution in [1.29, 1.82) is 0 Å². The molecule has 0 amide bonds. The van der Waals surface area contributed by atoms with Crippen LogP contribution in [0.5, 0.6) is 0 Å². The Balaban J connectivity index is 1.13. The van der Waals surface area contributed by atoms with E-state index in [1.807, 2.05) is 19.1 Å². The van der Waals surface area contributed by atoms with E-state index < -0.39 is 5.41 Å². The van der Waals surface area contributed by atoms with E-state index in [9.17, 15) is 19.5 Å². The number of carbonyl (C=O) groups excluding carboxylic acids is 3. The number of esters is 1. The predicted octanol–water partition coefficient (Wildman–Crippen LogP) is 7.85. The fourth-order valence-electron chi connectivity index (χ4n) is 12.0. The van der Waals surface area contributed by atoms with E-state index >= 15 is 0 Å². The van der Waals surface area contributed by atoms with E-state index in [0.717, 1.165) is 57.1 Å². The van der Waals surface area contributed by atoms with Gasteiger partial charge in [0.25, 0.3) is 0 Å². The van der Waals surface area contributed by atoms with Gasteiger partial charge in [0.15, 0.2) is 11.6 Å². The molecule has 49 heavy (non-hydrogen) atoms. The number of benzene rings is 1. The lowest BCUT2D eigenvalue weighted by Gasteiger charge is -2.70. The molecule has 0 bridgehead atoms. The number of carbonyl (C=O) groups is 3. The predicted molar refractivity (Wildman–Crippen MR) is 187 cm³/mol. The van der Waals surface area contributed by atoms with Gasteiger partial charge in [0.1, 0.15) is 12.3 Å². The summed E-state index contributed by atoms with van der Waals surface area (Å²) in [5, 5.41) is 19.5. The van der Waals surface area contributed by atoms with Gasteiger partial charge in [-0.05, 0) is 129 Å². The zero-order valence-electron chi connectivity index (χ0n) is 30.8. The molecule has 5 aliphatic rings. The molecule has 4 fully saturated rings. The van der Waals surface area contributed by atoms with Gasteiger partial charge in [0.2, 0.25) is 0 Å². The molecule has 0 saturated heterocycles. The highest BCUT2D eigenvalue weighted by molar-refractivity contribution is 5.96. The van der Waals surface area contributed by atoms with Gasteiger partial charge in [-0.2, -0.15) is 0 Å². The Morgan fingerprint density at radius 3 is 2.45 bits per heavy atom. The maximum atomic E-state index is 14.6. The number of rotatable bonds is 5. The van der Waals surface area contributed by atoms with Crippen molar-refractivity contribution in [3.8, 4) is 5.69 Å². The number of hydrogen-bond acceptors (Lipinski definition) is 7. The van der Waals surface area contributed by atoms with Crippen LogP contribution < -0.4 is 0 Å². The summed E-state index contributed by atoms with van der Waals surface area (Å²) >= 11 is 0. The van der Waals surface area contributed by atoms with Gasteiger partial charge < -0.3 is 9.84 Å². The molecule has 0 aliphatic heterocycles. The smallest absolute Gasteiger partial charge is 0.312 e. The van der Waals surface area contributed by atoms with Crippen molar-refractivity contribution in [2.75, 3.05) is 0 Å². The van der Waals surface area contributed by atoms with E-state index in [0.29, 0.717) is 23.6 Å². The second-order valence-corrected chi connectivity index (χ2v) is 18.5. The van der Waals surface area contributed by atoms with Crippen LogP contribution >= 0.6 is 0 Å². The molecule has 2 aromatic rings. The van der Waals surface area contributed by atoms with Crippen molar-refractivity contribution in [2.24, 2.45) is 50.2 Å². The lowest BCUT2D eigenvalue weighted by Crippen LogP contribution is -2.66. The molecule has 264 valence electrons. The Kier molecular flexibility index (Phi) is 7.83. The molecular weight excluding hydrogens is 614 g/mol. The zero-order chi connectivity index (χ0) is 35.4. The first kappa shape index (κ1) is 34.3. The van der Waals surface area contributed by atoms with Gasteiger partial charge in [-0.25, -0.2) is 4.68 Å². The third-order valence-electron chi connectivity index (χ3n) is 15.5. The summed E-state index contributed by atoms with van der Waals surface area (Å²) in [6.45, 7) is 17.6. The quantitative estimate of drug-likeness (QED) is 0.255. The Bertz CT molecular complexity index is 1740. The molecule has 1 aromatic heterocycles. The van der Waals surface area contributed by atoms with E-state index in [1.54, 1.807) is 23.0 Å². The summed E-state index contributed by atoms with van der Waals surface area (Å²) in [5.74, 6) is 0.386. The van der Waals surface area contributed by atoms with Crippen LogP contribution in [0.3, 0.4) is 0 Å². The van der Waals surface area contributed by atoms with Crippen LogP contribution in [0.1, 0.15) is 129 Å². The van der Waals surface area contributed by atoms with Crippen LogP contribution in [-0.4, -0.2) is 43.7 Å². The summed E-state index contributed by atoms with van der Waals surface area (Å²) < 4.78 is 7.56. The van der Waals surface area contributed by atoms with Crippen molar-refractivity contribution in [1.82, 2.24) is 15.0 Å². The lowest BCUT2D eigenvalue weighted by molar-refractivity contribution is -0.202. The minimum absolute atomic E-state index is 0.0200. The zero-order valence-corrected chi connectivity index (χ0v) is 30.8. The maximum Gasteiger partial charge on any atom is 0.312 e. The summed E-state index contributed by atoms with van der Waals surface area (Å²) in [7, 11) is 0. The summed E-state index contributed by atoms with van der Waals surface area (Å²) in [6.07, 6.45) is 11.6. The second-order valence-electron chi connectivity index (χ2n) is 18.5. The normalized spacial score (nSPS) is 41.0. The molecule has 8 nitrogen and oxygen atoms in total. The number of Topliss-reactive ketones (excluding diaryl/α,β-unsaturated/α-hetero) is 1. The highest BCUT2D eigenvalue weighted by atomic mass is 16.5. The number of allylic oxidation sites excluding steroid dienone is 2. The Hall–Kier alpha value is -3.13. The van der Waals surface area contributed by atoms with Crippen molar-refractivity contribution in [3.63, 3.8) is 0 Å². The molecule has 1 heterocycles. The standard InChI is InChI=1S/C41H55N3O5/c1-25(45)26-10-9-11-28(20-26)44-23-27(42-43-44)24-49-35(48)38(5)17-16-37(4)18-19-40(7)29(30(37)22-38)21-31(46)34-39(6)14-13-33(47)36(2,3)32(39)12-15-41(34,40)8/h9-11,20-21,23,30,32-34,47H,12-19,22,24H2,1-8H3/t30-,32-,33-,34+,37+,38-,39-,40+,41+/m0/s1. The van der Waals surface area contributed by atoms with Gasteiger partial charge in [0, 0.05) is 11.5 Å². The van der Waals surface area contributed by atoms with Crippen molar-refractivity contribution >= 4 is 17.5 Å². The Labute approximate surface area is 291 Å². The Morgan fingerprint density at radius 1 is 0.980 bits per heavy atom. The first-order chi connectivity index (χ1) is 22.9. The lowest BCUT2D eigenvalue weighted by atomic mass is 9.33. The number of aliphatic hydroxyl groups excluding tert-OH is 1. The first-order valence-corrected chi connectivity index (χ1v) is 18.5. The molecule has 5 aliphatic carbocycles. The highest BCUT2D eigenvalue weighted by Crippen LogP contribution is 2.75. The molecular formula is C41H55N3O5. The van der Waals surface area contributed by atoms with Gasteiger partial charge in [-0.15, -0.1) is 5.10 Å². The average molecular weight is 670 g/mol. The molecule has 0 unspecified atom stereocenters. The van der Waals surface area contributed by atoms with E-state index in [1.165, 1.54) is 12.5 Å². The third-order valence-corrected chi connectivity index (χ3v) is 15.5. The Morgan fingerprint density at radius 2 is 1.71 bits per heavy atom. The molecule has 0 radical (unpaired) electrons. The minimum atomic E-state index is -0.678. The van der Waals surface area contributed by atoms with Crippen molar-refractivity contribution < 1.29 is 24.2 Å². The average Bonchev–Trinajstić information content (AvgIpc) is 3.53. The van der Waals surface area contributed by atoms with Crippen LogP contribution in [-0.2, 0) is 20.9 Å². The summed E-state index contributed by atoms with van der Waals surface area (Å²) in [4.78, 5) is 40.4. The molecule has 4 saturated carbocycles. The van der Waals surface area contributed by atoms with E-state index in [2.05, 4.69) is 57.9 Å². The molecule has 1 N–H and O–H groups in total. The van der Waals surface area contributed by atoms with E-state index in [-0.39, 0.29) is 69.2 Å². The highest BCUT2D eigenvalue weighted by Gasteiger charge is 2.70. The first-order valence-electron chi connectivity index (χ1n) is 18.5. The van der Waals surface area contributed by atoms with Crippen LogP contribution in [0.4, 0.5) is 0 Å². The molecule has 7 rings (SSSR count). The molecule has 9 atom stereocenters. The molecule has 1 aromatic carbocycles. The van der Waals surface area contributed by atoms with Crippen LogP contribution in [0.25, 0.3) is 5.69 Å².